The van der Waals surface area contributed by atoms with E-state index in [2.05, 4.69) is 17.2 Å². The Kier molecular flexibility index (Phi) is 5.66. The van der Waals surface area contributed by atoms with E-state index in [0.29, 0.717) is 17.4 Å². The first-order valence-corrected chi connectivity index (χ1v) is 8.54. The van der Waals surface area contributed by atoms with Crippen molar-refractivity contribution in [2.24, 2.45) is 0 Å². The quantitative estimate of drug-likeness (QED) is 0.841. The highest BCUT2D eigenvalue weighted by Crippen LogP contribution is 2.20. The Hall–Kier alpha value is -1.75. The molecule has 0 saturated heterocycles. The van der Waals surface area contributed by atoms with Crippen LogP contribution in [-0.4, -0.2) is 22.2 Å². The molecule has 22 heavy (non-hydrogen) atoms. The number of hydrogen-bond donors (Lipinski definition) is 1. The summed E-state index contributed by atoms with van der Waals surface area (Å²) in [6.07, 6.45) is 2.57. The molecule has 2 aromatic rings. The molecule has 118 valence electrons. The van der Waals surface area contributed by atoms with Crippen LogP contribution in [0.1, 0.15) is 32.9 Å². The molecule has 1 aromatic carbocycles. The lowest BCUT2D eigenvalue weighted by molar-refractivity contribution is -0.120. The second kappa shape index (κ2) is 7.49. The summed E-state index contributed by atoms with van der Waals surface area (Å²) in [6, 6.07) is 9.78. The minimum absolute atomic E-state index is 0.0589. The number of nitrogens with zero attached hydrogens (tertiary/aromatic N) is 1. The molecule has 2 rings (SSSR count). The van der Waals surface area contributed by atoms with E-state index < -0.39 is 0 Å². The van der Waals surface area contributed by atoms with Crippen LogP contribution in [0.3, 0.4) is 0 Å². The van der Waals surface area contributed by atoms with Gasteiger partial charge in [0.15, 0.2) is 0 Å². The van der Waals surface area contributed by atoms with Crippen molar-refractivity contribution < 1.29 is 9.21 Å². The number of oxazole rings is 1. The molecule has 0 fully saturated rings. The van der Waals surface area contributed by atoms with Gasteiger partial charge in [0.2, 0.25) is 11.8 Å². The third kappa shape index (κ3) is 4.91. The Balaban J connectivity index is 1.81. The molecule has 1 N–H and O–H groups in total. The summed E-state index contributed by atoms with van der Waals surface area (Å²) in [6.45, 7) is 6.12. The van der Waals surface area contributed by atoms with Crippen LogP contribution in [-0.2, 0) is 10.5 Å². The molecule has 5 heteroatoms. The van der Waals surface area contributed by atoms with Crippen molar-refractivity contribution in [1.29, 1.82) is 0 Å². The van der Waals surface area contributed by atoms with Gasteiger partial charge in [-0.05, 0) is 32.4 Å². The predicted molar refractivity (Wildman–Crippen MR) is 90.6 cm³/mol. The van der Waals surface area contributed by atoms with Crippen LogP contribution in [0.4, 0.5) is 0 Å². The van der Waals surface area contributed by atoms with Gasteiger partial charge >= 0.3 is 0 Å². The lowest BCUT2D eigenvalue weighted by Crippen LogP contribution is -2.43. The lowest BCUT2D eigenvalue weighted by atomic mass is 10.0. The fourth-order valence-electron chi connectivity index (χ4n) is 1.84. The van der Waals surface area contributed by atoms with Crippen molar-refractivity contribution >= 4 is 17.7 Å². The maximum atomic E-state index is 11.9. The van der Waals surface area contributed by atoms with Gasteiger partial charge in [-0.15, -0.1) is 11.8 Å². The van der Waals surface area contributed by atoms with E-state index in [1.807, 2.05) is 44.2 Å². The van der Waals surface area contributed by atoms with Crippen LogP contribution in [0.15, 0.2) is 41.0 Å². The van der Waals surface area contributed by atoms with E-state index in [4.69, 9.17) is 4.42 Å². The first kappa shape index (κ1) is 16.6. The topological polar surface area (TPSA) is 55.1 Å². The number of rotatable bonds is 7. The molecule has 0 spiro atoms. The van der Waals surface area contributed by atoms with Gasteiger partial charge in [-0.25, -0.2) is 4.98 Å². The van der Waals surface area contributed by atoms with Crippen molar-refractivity contribution in [2.75, 3.05) is 5.75 Å². The highest BCUT2D eigenvalue weighted by atomic mass is 32.2. The molecule has 4 nitrogen and oxygen atoms in total. The third-order valence-corrected chi connectivity index (χ3v) is 4.38. The monoisotopic (exact) mass is 318 g/mol. The highest BCUT2D eigenvalue weighted by Gasteiger charge is 2.17. The van der Waals surface area contributed by atoms with Gasteiger partial charge in [0.1, 0.15) is 6.26 Å². The van der Waals surface area contributed by atoms with Gasteiger partial charge in [-0.3, -0.25) is 4.79 Å². The van der Waals surface area contributed by atoms with Gasteiger partial charge in [0.05, 0.1) is 11.4 Å². The average Bonchev–Trinajstić information content (AvgIpc) is 2.96. The molecule has 1 aromatic heterocycles. The van der Waals surface area contributed by atoms with Crippen LogP contribution < -0.4 is 5.32 Å². The Morgan fingerprint density at radius 3 is 2.73 bits per heavy atom. The van der Waals surface area contributed by atoms with Crippen LogP contribution in [0.5, 0.6) is 0 Å². The second-order valence-corrected chi connectivity index (χ2v) is 6.77. The summed E-state index contributed by atoms with van der Waals surface area (Å²) < 4.78 is 5.48. The molecule has 0 aliphatic carbocycles. The Labute approximate surface area is 135 Å². The van der Waals surface area contributed by atoms with E-state index >= 15 is 0 Å². The van der Waals surface area contributed by atoms with Gasteiger partial charge in [0.25, 0.3) is 0 Å². The molecular weight excluding hydrogens is 296 g/mol. The van der Waals surface area contributed by atoms with Crippen LogP contribution in [0, 0.1) is 0 Å². The minimum Gasteiger partial charge on any atom is -0.444 e. The second-order valence-electron chi connectivity index (χ2n) is 5.79. The van der Waals surface area contributed by atoms with Gasteiger partial charge in [-0.2, -0.15) is 0 Å². The summed E-state index contributed by atoms with van der Waals surface area (Å²) in [4.78, 5) is 16.3. The van der Waals surface area contributed by atoms with Crippen LogP contribution in [0.2, 0.25) is 0 Å². The number of thioether (sulfide) groups is 1. The van der Waals surface area contributed by atoms with Crippen molar-refractivity contribution in [3.05, 3.63) is 42.3 Å². The molecule has 1 amide bonds. The summed E-state index contributed by atoms with van der Waals surface area (Å²) in [5, 5.41) is 3.02. The van der Waals surface area contributed by atoms with E-state index in [9.17, 15) is 4.79 Å². The predicted octanol–water partition coefficient (Wildman–Crippen LogP) is 3.88. The fraction of sp³-hybridized carbons (Fsp3) is 0.412. The molecule has 0 unspecified atom stereocenters. The molecule has 0 aliphatic heterocycles. The number of nitrogens with one attached hydrogen (secondary N) is 1. The van der Waals surface area contributed by atoms with Crippen LogP contribution in [0.25, 0.3) is 11.5 Å². The maximum absolute atomic E-state index is 11.9. The molecule has 0 atom stereocenters. The van der Waals surface area contributed by atoms with Crippen molar-refractivity contribution in [2.45, 2.75) is 38.5 Å². The summed E-state index contributed by atoms with van der Waals surface area (Å²) >= 11 is 1.54. The largest absolute Gasteiger partial charge is 0.444 e. The number of hydrogen-bond acceptors (Lipinski definition) is 4. The number of amides is 1. The normalized spacial score (nSPS) is 11.4. The Morgan fingerprint density at radius 1 is 1.32 bits per heavy atom. The number of benzene rings is 1. The zero-order valence-corrected chi connectivity index (χ0v) is 14.1. The lowest BCUT2D eigenvalue weighted by Gasteiger charge is -2.24. The summed E-state index contributed by atoms with van der Waals surface area (Å²) in [7, 11) is 0. The molecule has 0 bridgehead atoms. The van der Waals surface area contributed by atoms with Crippen LogP contribution >= 0.6 is 11.8 Å². The number of aromatic nitrogens is 1. The zero-order chi connectivity index (χ0) is 16.0. The SMILES string of the molecule is CCC(C)(C)NC(=O)CSCc1coc(-c2ccccc2)n1. The fourth-order valence-corrected chi connectivity index (χ4v) is 2.54. The Morgan fingerprint density at radius 2 is 2.05 bits per heavy atom. The van der Waals surface area contributed by atoms with Crippen molar-refractivity contribution in [3.8, 4) is 11.5 Å². The summed E-state index contributed by atoms with van der Waals surface area (Å²) in [5.41, 5.74) is 1.67. The number of carbonyl (C=O) groups excluding carboxylic acids is 1. The smallest absolute Gasteiger partial charge is 0.230 e. The number of carbonyl (C=O) groups is 1. The summed E-state index contributed by atoms with van der Waals surface area (Å²) in [5.74, 6) is 1.77. The van der Waals surface area contributed by atoms with E-state index in [1.165, 1.54) is 11.8 Å². The van der Waals surface area contributed by atoms with Crippen molar-refractivity contribution in [3.63, 3.8) is 0 Å². The molecule has 0 radical (unpaired) electrons. The van der Waals surface area contributed by atoms with Gasteiger partial charge < -0.3 is 9.73 Å². The Bertz CT molecular complexity index is 608. The molecule has 0 saturated carbocycles. The molecule has 0 aliphatic rings. The first-order chi connectivity index (χ1) is 10.5. The van der Waals surface area contributed by atoms with Gasteiger partial charge in [0, 0.05) is 16.9 Å². The molecule has 1 heterocycles. The first-order valence-electron chi connectivity index (χ1n) is 7.39. The van der Waals surface area contributed by atoms with E-state index in [-0.39, 0.29) is 11.4 Å². The van der Waals surface area contributed by atoms with Crippen molar-refractivity contribution in [1.82, 2.24) is 10.3 Å². The minimum atomic E-state index is -0.147. The zero-order valence-electron chi connectivity index (χ0n) is 13.3. The van der Waals surface area contributed by atoms with E-state index in [1.54, 1.807) is 6.26 Å². The van der Waals surface area contributed by atoms with Gasteiger partial charge in [-0.1, -0.05) is 25.1 Å². The molecular formula is C17H22N2O2S. The maximum Gasteiger partial charge on any atom is 0.230 e. The van der Waals surface area contributed by atoms with E-state index in [0.717, 1.165) is 17.7 Å². The average molecular weight is 318 g/mol. The highest BCUT2D eigenvalue weighted by molar-refractivity contribution is 7.99. The standard InChI is InChI=1S/C17H22N2O2S/c1-4-17(2,3)19-15(20)12-22-11-14-10-21-16(18-14)13-8-6-5-7-9-13/h5-10H,4,11-12H2,1-3H3,(H,19,20). The third-order valence-electron chi connectivity index (χ3n) is 3.42.